The number of allylic oxidation sites excluding steroid dienone is 1. The van der Waals surface area contributed by atoms with Crippen LogP contribution in [0.5, 0.6) is 0 Å². The average Bonchev–Trinajstić information content (AvgIpc) is 2.74. The molecule has 1 heterocycles. The molecule has 0 amide bonds. The van der Waals surface area contributed by atoms with Crippen LogP contribution >= 0.6 is 23.1 Å². The highest BCUT2D eigenvalue weighted by atomic mass is 32.2. The summed E-state index contributed by atoms with van der Waals surface area (Å²) < 4.78 is 5.07. The first-order valence-electron chi connectivity index (χ1n) is 6.12. The van der Waals surface area contributed by atoms with Gasteiger partial charge in [-0.3, -0.25) is 0 Å². The zero-order chi connectivity index (χ0) is 16.0. The van der Waals surface area contributed by atoms with E-state index >= 15 is 0 Å². The van der Waals surface area contributed by atoms with E-state index in [4.69, 9.17) is 15.3 Å². The molecule has 7 heteroatoms. The number of ether oxygens (including phenoxy) is 1. The maximum atomic E-state index is 12.1. The van der Waals surface area contributed by atoms with Crippen molar-refractivity contribution < 1.29 is 9.53 Å². The molecule has 1 N–H and O–H groups in total. The zero-order valence-electron chi connectivity index (χ0n) is 12.2. The Morgan fingerprint density at radius 2 is 2.00 bits per heavy atom. The SMILES string of the molecule is CCOC(=O)c1c(NC(SC)=C(C#N)C#N)sc(C)c1C. The van der Waals surface area contributed by atoms with Crippen molar-refractivity contribution in [3.8, 4) is 12.1 Å². The first-order valence-corrected chi connectivity index (χ1v) is 8.16. The molecule has 0 atom stereocenters. The third kappa shape index (κ3) is 3.78. The van der Waals surface area contributed by atoms with Crippen LogP contribution in [0.25, 0.3) is 0 Å². The number of nitrogens with one attached hydrogen (secondary N) is 1. The van der Waals surface area contributed by atoms with E-state index in [1.807, 2.05) is 26.0 Å². The van der Waals surface area contributed by atoms with E-state index in [9.17, 15) is 4.79 Å². The van der Waals surface area contributed by atoms with E-state index in [1.165, 1.54) is 23.1 Å². The quantitative estimate of drug-likeness (QED) is 0.659. The molecule has 0 bridgehead atoms. The highest BCUT2D eigenvalue weighted by Crippen LogP contribution is 2.35. The molecule has 0 spiro atoms. The number of hydrogen-bond donors (Lipinski definition) is 1. The number of rotatable bonds is 5. The van der Waals surface area contributed by atoms with Gasteiger partial charge >= 0.3 is 5.97 Å². The zero-order valence-corrected chi connectivity index (χ0v) is 13.9. The largest absolute Gasteiger partial charge is 0.462 e. The summed E-state index contributed by atoms with van der Waals surface area (Å²) in [6, 6.07) is 3.68. The predicted molar refractivity (Wildman–Crippen MR) is 85.1 cm³/mol. The summed E-state index contributed by atoms with van der Waals surface area (Å²) >= 11 is 2.65. The van der Waals surface area contributed by atoms with Gasteiger partial charge in [-0.25, -0.2) is 4.79 Å². The Kier molecular flexibility index (Phi) is 6.29. The number of esters is 1. The van der Waals surface area contributed by atoms with Crippen LogP contribution in [0.2, 0.25) is 0 Å². The molecule has 0 fully saturated rings. The number of hydrogen-bond acceptors (Lipinski definition) is 7. The molecule has 1 aromatic heterocycles. The van der Waals surface area contributed by atoms with E-state index in [2.05, 4.69) is 5.32 Å². The second kappa shape index (κ2) is 7.72. The Morgan fingerprint density at radius 1 is 1.38 bits per heavy atom. The molecule has 1 aromatic rings. The number of nitrogens with zero attached hydrogens (tertiary/aromatic N) is 2. The Morgan fingerprint density at radius 3 is 2.48 bits per heavy atom. The van der Waals surface area contributed by atoms with Gasteiger partial charge in [-0.1, -0.05) is 0 Å². The van der Waals surface area contributed by atoms with Gasteiger partial charge in [0.2, 0.25) is 0 Å². The molecule has 0 aliphatic rings. The lowest BCUT2D eigenvalue weighted by Gasteiger charge is -2.09. The van der Waals surface area contributed by atoms with E-state index in [1.54, 1.807) is 13.2 Å². The van der Waals surface area contributed by atoms with Crippen molar-refractivity contribution in [2.24, 2.45) is 0 Å². The maximum Gasteiger partial charge on any atom is 0.341 e. The van der Waals surface area contributed by atoms with E-state index in [0.717, 1.165) is 10.4 Å². The number of thiophene rings is 1. The maximum absolute atomic E-state index is 12.1. The lowest BCUT2D eigenvalue weighted by Crippen LogP contribution is -2.09. The molecule has 21 heavy (non-hydrogen) atoms. The third-order valence-corrected chi connectivity index (χ3v) is 4.58. The number of anilines is 1. The van der Waals surface area contributed by atoms with Gasteiger partial charge in [0, 0.05) is 4.88 Å². The summed E-state index contributed by atoms with van der Waals surface area (Å²) in [4.78, 5) is 13.1. The number of aryl methyl sites for hydroxylation is 1. The lowest BCUT2D eigenvalue weighted by atomic mass is 10.1. The Bertz CT molecular complexity index is 647. The Balaban J connectivity index is 3.30. The first-order chi connectivity index (χ1) is 9.99. The Labute approximate surface area is 132 Å². The van der Waals surface area contributed by atoms with Crippen molar-refractivity contribution in [2.45, 2.75) is 20.8 Å². The Hall–Kier alpha value is -1.96. The predicted octanol–water partition coefficient (Wildman–Crippen LogP) is 3.58. The fourth-order valence-electron chi connectivity index (χ4n) is 1.61. The van der Waals surface area contributed by atoms with Gasteiger partial charge in [-0.05, 0) is 32.6 Å². The number of nitriles is 2. The summed E-state index contributed by atoms with van der Waals surface area (Å²) in [6.45, 7) is 5.79. The summed E-state index contributed by atoms with van der Waals surface area (Å²) in [6.07, 6.45) is 1.76. The van der Waals surface area contributed by atoms with Gasteiger partial charge in [0.1, 0.15) is 22.2 Å². The summed E-state index contributed by atoms with van der Waals surface area (Å²) in [5.74, 6) is -0.405. The van der Waals surface area contributed by atoms with Crippen LogP contribution in [0.1, 0.15) is 27.7 Å². The number of carbonyl (C=O) groups excluding carboxylic acids is 1. The second-order valence-corrected chi connectivity index (χ2v) is 6.01. The van der Waals surface area contributed by atoms with Gasteiger partial charge in [0.05, 0.1) is 12.2 Å². The minimum absolute atomic E-state index is 0.0129. The molecule has 0 aliphatic heterocycles. The molecule has 5 nitrogen and oxygen atoms in total. The molecule has 0 radical (unpaired) electrons. The van der Waals surface area contributed by atoms with Gasteiger partial charge in [-0.15, -0.1) is 23.1 Å². The number of thioether (sulfide) groups is 1. The molecule has 0 saturated heterocycles. The third-order valence-electron chi connectivity index (χ3n) is 2.75. The van der Waals surface area contributed by atoms with Crippen LogP contribution in [0.15, 0.2) is 10.6 Å². The van der Waals surface area contributed by atoms with Crippen LogP contribution in [0, 0.1) is 36.5 Å². The molecule has 0 aliphatic carbocycles. The highest BCUT2D eigenvalue weighted by molar-refractivity contribution is 8.02. The highest BCUT2D eigenvalue weighted by Gasteiger charge is 2.22. The minimum atomic E-state index is -0.405. The molecular formula is C14H15N3O2S2. The van der Waals surface area contributed by atoms with Crippen LogP contribution < -0.4 is 5.32 Å². The van der Waals surface area contributed by atoms with Crippen LogP contribution in [-0.4, -0.2) is 18.8 Å². The van der Waals surface area contributed by atoms with Crippen molar-refractivity contribution in [1.82, 2.24) is 0 Å². The summed E-state index contributed by atoms with van der Waals surface area (Å²) in [7, 11) is 0. The lowest BCUT2D eigenvalue weighted by molar-refractivity contribution is 0.0527. The summed E-state index contributed by atoms with van der Waals surface area (Å²) in [5.41, 5.74) is 1.29. The van der Waals surface area contributed by atoms with E-state index in [-0.39, 0.29) is 5.57 Å². The fraction of sp³-hybridized carbons (Fsp3) is 0.357. The van der Waals surface area contributed by atoms with Crippen molar-refractivity contribution in [3.63, 3.8) is 0 Å². The van der Waals surface area contributed by atoms with E-state index in [0.29, 0.717) is 22.2 Å². The van der Waals surface area contributed by atoms with Gasteiger partial charge in [0.25, 0.3) is 0 Å². The normalized spacial score (nSPS) is 9.43. The first kappa shape index (κ1) is 17.1. The van der Waals surface area contributed by atoms with Gasteiger partial charge < -0.3 is 10.1 Å². The smallest absolute Gasteiger partial charge is 0.341 e. The topological polar surface area (TPSA) is 85.9 Å². The average molecular weight is 321 g/mol. The van der Waals surface area contributed by atoms with Crippen molar-refractivity contribution in [1.29, 1.82) is 10.5 Å². The molecule has 0 unspecified atom stereocenters. The standard InChI is InChI=1S/C14H15N3O2S2/c1-5-19-14(18)11-8(2)9(3)21-13(11)17-12(20-4)10(6-15)7-16/h17H,5H2,1-4H3. The second-order valence-electron chi connectivity index (χ2n) is 3.96. The van der Waals surface area contributed by atoms with Crippen molar-refractivity contribution >= 4 is 34.1 Å². The minimum Gasteiger partial charge on any atom is -0.462 e. The molecule has 110 valence electrons. The van der Waals surface area contributed by atoms with Crippen LogP contribution in [-0.2, 0) is 4.74 Å². The van der Waals surface area contributed by atoms with Crippen molar-refractivity contribution in [2.75, 3.05) is 18.2 Å². The van der Waals surface area contributed by atoms with Gasteiger partial charge in [-0.2, -0.15) is 10.5 Å². The summed E-state index contributed by atoms with van der Waals surface area (Å²) in [5, 5.41) is 21.9. The molecule has 0 saturated carbocycles. The van der Waals surface area contributed by atoms with Crippen molar-refractivity contribution in [3.05, 3.63) is 26.6 Å². The fourth-order valence-corrected chi connectivity index (χ4v) is 3.23. The molecular weight excluding hydrogens is 306 g/mol. The molecule has 1 rings (SSSR count). The van der Waals surface area contributed by atoms with Crippen LogP contribution in [0.4, 0.5) is 5.00 Å². The van der Waals surface area contributed by atoms with Crippen LogP contribution in [0.3, 0.4) is 0 Å². The monoisotopic (exact) mass is 321 g/mol. The number of carbonyl (C=O) groups is 1. The van der Waals surface area contributed by atoms with E-state index < -0.39 is 5.97 Å². The molecule has 0 aromatic carbocycles. The van der Waals surface area contributed by atoms with Gasteiger partial charge in [0.15, 0.2) is 5.57 Å².